The maximum absolute atomic E-state index is 12.5. The van der Waals surface area contributed by atoms with E-state index in [9.17, 15) is 8.42 Å². The Balaban J connectivity index is 2.24. The van der Waals surface area contributed by atoms with Crippen molar-refractivity contribution in [2.24, 2.45) is 5.73 Å². The summed E-state index contributed by atoms with van der Waals surface area (Å²) in [6.45, 7) is 0.416. The predicted octanol–water partition coefficient (Wildman–Crippen LogP) is 2.29. The first-order valence-electron chi connectivity index (χ1n) is 6.57. The van der Waals surface area contributed by atoms with E-state index in [4.69, 9.17) is 22.1 Å². The van der Waals surface area contributed by atoms with Gasteiger partial charge in [0.2, 0.25) is 10.0 Å². The Morgan fingerprint density at radius 2 is 1.77 bits per heavy atom. The number of halogens is 1. The van der Waals surface area contributed by atoms with Crippen molar-refractivity contribution in [2.45, 2.75) is 18.0 Å². The molecule has 0 atom stereocenters. The summed E-state index contributed by atoms with van der Waals surface area (Å²) in [6.07, 6.45) is 0. The third-order valence-corrected chi connectivity index (χ3v) is 4.81. The molecule has 0 bridgehead atoms. The van der Waals surface area contributed by atoms with Crippen LogP contribution in [0.1, 0.15) is 11.1 Å². The molecule has 0 saturated heterocycles. The second-order valence-corrected chi connectivity index (χ2v) is 6.81. The summed E-state index contributed by atoms with van der Waals surface area (Å²) in [5.41, 5.74) is 7.09. The van der Waals surface area contributed by atoms with E-state index in [0.717, 1.165) is 5.56 Å². The SMILES string of the molecule is COc1ccc(CN)cc1S(=O)(=O)NCc1ccc(Cl)cc1. The van der Waals surface area contributed by atoms with E-state index in [-0.39, 0.29) is 23.7 Å². The van der Waals surface area contributed by atoms with E-state index in [2.05, 4.69) is 4.72 Å². The molecule has 5 nitrogen and oxygen atoms in total. The van der Waals surface area contributed by atoms with Crippen LogP contribution >= 0.6 is 11.6 Å². The molecule has 0 unspecified atom stereocenters. The number of nitrogens with two attached hydrogens (primary N) is 1. The maximum atomic E-state index is 12.5. The fraction of sp³-hybridized carbons (Fsp3) is 0.200. The van der Waals surface area contributed by atoms with Gasteiger partial charge in [-0.05, 0) is 35.4 Å². The van der Waals surface area contributed by atoms with Crippen LogP contribution in [0.25, 0.3) is 0 Å². The van der Waals surface area contributed by atoms with Crippen LogP contribution in [0.15, 0.2) is 47.4 Å². The molecule has 2 rings (SSSR count). The van der Waals surface area contributed by atoms with Gasteiger partial charge >= 0.3 is 0 Å². The van der Waals surface area contributed by atoms with Gasteiger partial charge in [-0.1, -0.05) is 29.8 Å². The van der Waals surface area contributed by atoms with E-state index < -0.39 is 10.0 Å². The first-order chi connectivity index (χ1) is 10.5. The van der Waals surface area contributed by atoms with Gasteiger partial charge in [0.25, 0.3) is 0 Å². The molecule has 2 aromatic rings. The van der Waals surface area contributed by atoms with Crippen molar-refractivity contribution in [2.75, 3.05) is 7.11 Å². The first kappa shape index (κ1) is 16.8. The number of methoxy groups -OCH3 is 1. The van der Waals surface area contributed by atoms with E-state index in [1.165, 1.54) is 13.2 Å². The van der Waals surface area contributed by atoms with Crippen molar-refractivity contribution in [3.63, 3.8) is 0 Å². The minimum absolute atomic E-state index is 0.0758. The van der Waals surface area contributed by atoms with Crippen LogP contribution < -0.4 is 15.2 Å². The second-order valence-electron chi connectivity index (χ2n) is 4.64. The second kappa shape index (κ2) is 7.11. The van der Waals surface area contributed by atoms with Crippen LogP contribution in [-0.4, -0.2) is 15.5 Å². The number of hydrogen-bond donors (Lipinski definition) is 2. The zero-order chi connectivity index (χ0) is 16.2. The number of sulfonamides is 1. The molecule has 3 N–H and O–H groups in total. The lowest BCUT2D eigenvalue weighted by Crippen LogP contribution is -2.24. The van der Waals surface area contributed by atoms with Gasteiger partial charge in [0.05, 0.1) is 7.11 Å². The largest absolute Gasteiger partial charge is 0.495 e. The van der Waals surface area contributed by atoms with Gasteiger partial charge in [0, 0.05) is 18.1 Å². The summed E-state index contributed by atoms with van der Waals surface area (Å²) in [4.78, 5) is 0.0758. The Morgan fingerprint density at radius 3 is 2.36 bits per heavy atom. The van der Waals surface area contributed by atoms with Crippen LogP contribution in [0.3, 0.4) is 0 Å². The summed E-state index contributed by atoms with van der Waals surface area (Å²) in [5.74, 6) is 0.279. The molecule has 118 valence electrons. The number of ether oxygens (including phenoxy) is 1. The third kappa shape index (κ3) is 3.98. The van der Waals surface area contributed by atoms with Crippen molar-refractivity contribution >= 4 is 21.6 Å². The highest BCUT2D eigenvalue weighted by Crippen LogP contribution is 2.25. The molecule has 22 heavy (non-hydrogen) atoms. The number of benzene rings is 2. The molecule has 0 amide bonds. The molecule has 0 aliphatic heterocycles. The third-order valence-electron chi connectivity index (χ3n) is 3.13. The van der Waals surface area contributed by atoms with Crippen LogP contribution in [0.5, 0.6) is 5.75 Å². The quantitative estimate of drug-likeness (QED) is 0.845. The molecular weight excluding hydrogens is 324 g/mol. The van der Waals surface area contributed by atoms with Gasteiger partial charge in [-0.25, -0.2) is 13.1 Å². The highest BCUT2D eigenvalue weighted by Gasteiger charge is 2.19. The zero-order valence-electron chi connectivity index (χ0n) is 12.0. The molecule has 0 aromatic heterocycles. The van der Waals surface area contributed by atoms with Crippen LogP contribution in [0.2, 0.25) is 5.02 Å². The summed E-state index contributed by atoms with van der Waals surface area (Å²) in [5, 5.41) is 0.601. The Kier molecular flexibility index (Phi) is 5.42. The average molecular weight is 341 g/mol. The van der Waals surface area contributed by atoms with E-state index in [0.29, 0.717) is 10.6 Å². The average Bonchev–Trinajstić information content (AvgIpc) is 2.53. The lowest BCUT2D eigenvalue weighted by molar-refractivity contribution is 0.402. The molecular formula is C15H17ClN2O3S. The topological polar surface area (TPSA) is 81.4 Å². The highest BCUT2D eigenvalue weighted by molar-refractivity contribution is 7.89. The monoisotopic (exact) mass is 340 g/mol. The lowest BCUT2D eigenvalue weighted by atomic mass is 10.2. The number of hydrogen-bond acceptors (Lipinski definition) is 4. The fourth-order valence-electron chi connectivity index (χ4n) is 1.92. The fourth-order valence-corrected chi connectivity index (χ4v) is 3.28. The molecule has 0 aliphatic carbocycles. The standard InChI is InChI=1S/C15H17ClN2O3S/c1-21-14-7-4-12(9-17)8-15(14)22(19,20)18-10-11-2-5-13(16)6-3-11/h2-8,18H,9-10,17H2,1H3. The van der Waals surface area contributed by atoms with Crippen molar-refractivity contribution in [3.05, 3.63) is 58.6 Å². The number of nitrogens with one attached hydrogen (secondary N) is 1. The van der Waals surface area contributed by atoms with E-state index >= 15 is 0 Å². The molecule has 0 heterocycles. The van der Waals surface area contributed by atoms with Crippen molar-refractivity contribution < 1.29 is 13.2 Å². The molecule has 2 aromatic carbocycles. The van der Waals surface area contributed by atoms with Gasteiger partial charge in [-0.15, -0.1) is 0 Å². The lowest BCUT2D eigenvalue weighted by Gasteiger charge is -2.12. The molecule has 7 heteroatoms. The van der Waals surface area contributed by atoms with Gasteiger partial charge in [-0.2, -0.15) is 0 Å². The Morgan fingerprint density at radius 1 is 1.14 bits per heavy atom. The minimum Gasteiger partial charge on any atom is -0.495 e. The molecule has 0 saturated carbocycles. The predicted molar refractivity (Wildman–Crippen MR) is 86.4 cm³/mol. The van der Waals surface area contributed by atoms with E-state index in [1.807, 2.05) is 0 Å². The molecule has 0 aliphatic rings. The summed E-state index contributed by atoms with van der Waals surface area (Å²) in [7, 11) is -2.28. The Bertz CT molecular complexity index is 746. The number of rotatable bonds is 6. The smallest absolute Gasteiger partial charge is 0.244 e. The highest BCUT2D eigenvalue weighted by atomic mass is 35.5. The zero-order valence-corrected chi connectivity index (χ0v) is 13.6. The van der Waals surface area contributed by atoms with E-state index in [1.54, 1.807) is 36.4 Å². The summed E-state index contributed by atoms with van der Waals surface area (Å²) >= 11 is 5.80. The first-order valence-corrected chi connectivity index (χ1v) is 8.43. The van der Waals surface area contributed by atoms with Crippen LogP contribution in [0.4, 0.5) is 0 Å². The van der Waals surface area contributed by atoms with Gasteiger partial charge in [0.1, 0.15) is 10.6 Å². The van der Waals surface area contributed by atoms with Crippen LogP contribution in [0, 0.1) is 0 Å². The van der Waals surface area contributed by atoms with Crippen LogP contribution in [-0.2, 0) is 23.1 Å². The molecule has 0 spiro atoms. The van der Waals surface area contributed by atoms with Crippen molar-refractivity contribution in [1.29, 1.82) is 0 Å². The van der Waals surface area contributed by atoms with Gasteiger partial charge in [-0.3, -0.25) is 0 Å². The summed E-state index contributed by atoms with van der Waals surface area (Å²) in [6, 6.07) is 11.8. The molecule has 0 fully saturated rings. The Hall–Kier alpha value is -1.60. The Labute approximate surface area is 135 Å². The maximum Gasteiger partial charge on any atom is 0.244 e. The summed E-state index contributed by atoms with van der Waals surface area (Å²) < 4.78 is 32.6. The van der Waals surface area contributed by atoms with Gasteiger partial charge in [0.15, 0.2) is 0 Å². The van der Waals surface area contributed by atoms with Gasteiger partial charge < -0.3 is 10.5 Å². The molecule has 0 radical (unpaired) electrons. The van der Waals surface area contributed by atoms with Crippen molar-refractivity contribution in [3.8, 4) is 5.75 Å². The minimum atomic E-state index is -3.71. The normalized spacial score (nSPS) is 11.4. The van der Waals surface area contributed by atoms with Crippen molar-refractivity contribution in [1.82, 2.24) is 4.72 Å².